The van der Waals surface area contributed by atoms with E-state index in [1.165, 1.54) is 0 Å². The summed E-state index contributed by atoms with van der Waals surface area (Å²) in [5.41, 5.74) is 1.22. The van der Waals surface area contributed by atoms with Crippen LogP contribution in [0.1, 0.15) is 6.92 Å². The van der Waals surface area contributed by atoms with Gasteiger partial charge in [0.1, 0.15) is 5.75 Å². The Morgan fingerprint density at radius 1 is 1.17 bits per heavy atom. The number of nitrogens with one attached hydrogen (secondary N) is 2. The molecule has 2 aromatic heterocycles. The quantitative estimate of drug-likeness (QED) is 0.755. The maximum Gasteiger partial charge on any atom is 0.323 e. The average molecular weight is 323 g/mol. The molecular formula is C17H17N5O2. The van der Waals surface area contributed by atoms with Crippen molar-refractivity contribution in [1.82, 2.24) is 14.8 Å². The summed E-state index contributed by atoms with van der Waals surface area (Å²) in [5, 5.41) is 9.66. The Bertz CT molecular complexity index is 817. The van der Waals surface area contributed by atoms with Crippen molar-refractivity contribution in [1.29, 1.82) is 0 Å². The Morgan fingerprint density at radius 2 is 2.04 bits per heavy atom. The van der Waals surface area contributed by atoms with E-state index in [1.807, 2.05) is 37.3 Å². The van der Waals surface area contributed by atoms with E-state index in [0.717, 1.165) is 0 Å². The van der Waals surface area contributed by atoms with E-state index in [0.29, 0.717) is 29.5 Å². The number of hydrogen-bond acceptors (Lipinski definition) is 4. The van der Waals surface area contributed by atoms with Crippen LogP contribution in [0.5, 0.6) is 5.75 Å². The third-order valence-corrected chi connectivity index (χ3v) is 3.13. The van der Waals surface area contributed by atoms with Gasteiger partial charge >= 0.3 is 6.03 Å². The standard InChI is InChI=1S/C17H17N5O2/c1-2-24-15-7-5-6-13(10-15)20-17(23)21-14-11-19-22(12-14)16-8-3-4-9-18-16/h3-12H,2H2,1H3,(H2,20,21,23). The highest BCUT2D eigenvalue weighted by Gasteiger charge is 2.07. The van der Waals surface area contributed by atoms with Crippen LogP contribution in [0, 0.1) is 0 Å². The predicted molar refractivity (Wildman–Crippen MR) is 91.6 cm³/mol. The van der Waals surface area contributed by atoms with Gasteiger partial charge in [-0.2, -0.15) is 5.10 Å². The van der Waals surface area contributed by atoms with E-state index in [4.69, 9.17) is 4.74 Å². The topological polar surface area (TPSA) is 81.1 Å². The van der Waals surface area contributed by atoms with Gasteiger partial charge in [-0.15, -0.1) is 0 Å². The van der Waals surface area contributed by atoms with Gasteiger partial charge in [0.15, 0.2) is 5.82 Å². The molecule has 0 fully saturated rings. The van der Waals surface area contributed by atoms with Crippen molar-refractivity contribution in [2.75, 3.05) is 17.2 Å². The second kappa shape index (κ2) is 7.28. The minimum absolute atomic E-state index is 0.357. The van der Waals surface area contributed by atoms with E-state index in [-0.39, 0.29) is 6.03 Å². The molecule has 7 heteroatoms. The Hall–Kier alpha value is -3.35. The molecule has 2 N–H and O–H groups in total. The zero-order chi connectivity index (χ0) is 16.8. The van der Waals surface area contributed by atoms with Gasteiger partial charge in [0.05, 0.1) is 24.7 Å². The second-order valence-corrected chi connectivity index (χ2v) is 4.90. The third-order valence-electron chi connectivity index (χ3n) is 3.13. The van der Waals surface area contributed by atoms with Crippen LogP contribution in [0.4, 0.5) is 16.2 Å². The number of ether oxygens (including phenoxy) is 1. The first-order valence-corrected chi connectivity index (χ1v) is 7.51. The zero-order valence-corrected chi connectivity index (χ0v) is 13.1. The van der Waals surface area contributed by atoms with Crippen LogP contribution in [0.25, 0.3) is 5.82 Å². The fourth-order valence-electron chi connectivity index (χ4n) is 2.13. The van der Waals surface area contributed by atoms with Crippen LogP contribution in [0.2, 0.25) is 0 Å². The lowest BCUT2D eigenvalue weighted by atomic mass is 10.3. The van der Waals surface area contributed by atoms with Crippen LogP contribution in [-0.2, 0) is 0 Å². The number of amides is 2. The minimum atomic E-state index is -0.357. The molecule has 0 saturated heterocycles. The molecule has 0 aliphatic rings. The van der Waals surface area contributed by atoms with Crippen molar-refractivity contribution < 1.29 is 9.53 Å². The van der Waals surface area contributed by atoms with Crippen LogP contribution >= 0.6 is 0 Å². The molecule has 1 aromatic carbocycles. The van der Waals surface area contributed by atoms with Crippen LogP contribution in [-0.4, -0.2) is 27.4 Å². The van der Waals surface area contributed by atoms with Gasteiger partial charge in [-0.25, -0.2) is 14.5 Å². The summed E-state index contributed by atoms with van der Waals surface area (Å²) in [4.78, 5) is 16.3. The maximum atomic E-state index is 12.1. The fraction of sp³-hybridized carbons (Fsp3) is 0.118. The molecule has 7 nitrogen and oxygen atoms in total. The molecule has 0 radical (unpaired) electrons. The number of hydrogen-bond donors (Lipinski definition) is 2. The maximum absolute atomic E-state index is 12.1. The molecule has 3 aromatic rings. The summed E-state index contributed by atoms with van der Waals surface area (Å²) in [6.07, 6.45) is 4.94. The fourth-order valence-corrected chi connectivity index (χ4v) is 2.13. The number of aromatic nitrogens is 3. The van der Waals surface area contributed by atoms with Gasteiger partial charge < -0.3 is 15.4 Å². The van der Waals surface area contributed by atoms with Gasteiger partial charge in [0.25, 0.3) is 0 Å². The van der Waals surface area contributed by atoms with E-state index in [1.54, 1.807) is 35.4 Å². The van der Waals surface area contributed by atoms with Crippen molar-refractivity contribution in [3.05, 3.63) is 61.1 Å². The van der Waals surface area contributed by atoms with Gasteiger partial charge in [0.2, 0.25) is 0 Å². The molecule has 0 aliphatic carbocycles. The Balaban J connectivity index is 1.63. The minimum Gasteiger partial charge on any atom is -0.494 e. The number of benzene rings is 1. The van der Waals surface area contributed by atoms with Crippen LogP contribution < -0.4 is 15.4 Å². The molecule has 2 amide bonds. The molecule has 0 aliphatic heterocycles. The van der Waals surface area contributed by atoms with E-state index < -0.39 is 0 Å². The van der Waals surface area contributed by atoms with Crippen LogP contribution in [0.15, 0.2) is 61.1 Å². The van der Waals surface area contributed by atoms with Crippen molar-refractivity contribution in [2.45, 2.75) is 6.92 Å². The SMILES string of the molecule is CCOc1cccc(NC(=O)Nc2cnn(-c3ccccn3)c2)c1. The number of pyridine rings is 1. The summed E-state index contributed by atoms with van der Waals surface area (Å²) < 4.78 is 7.00. The number of urea groups is 1. The zero-order valence-electron chi connectivity index (χ0n) is 13.1. The van der Waals surface area contributed by atoms with Gasteiger partial charge in [-0.1, -0.05) is 12.1 Å². The Labute approximate surface area is 139 Å². The molecule has 0 saturated carbocycles. The first kappa shape index (κ1) is 15.5. The molecule has 0 atom stereocenters. The van der Waals surface area contributed by atoms with Gasteiger partial charge in [-0.3, -0.25) is 0 Å². The highest BCUT2D eigenvalue weighted by Crippen LogP contribution is 2.17. The normalized spacial score (nSPS) is 10.2. The van der Waals surface area contributed by atoms with Crippen molar-refractivity contribution in [3.63, 3.8) is 0 Å². The van der Waals surface area contributed by atoms with Crippen molar-refractivity contribution >= 4 is 17.4 Å². The lowest BCUT2D eigenvalue weighted by Crippen LogP contribution is -2.19. The van der Waals surface area contributed by atoms with E-state index >= 15 is 0 Å². The number of anilines is 2. The molecule has 0 bridgehead atoms. The third kappa shape index (κ3) is 3.89. The lowest BCUT2D eigenvalue weighted by Gasteiger charge is -2.08. The van der Waals surface area contributed by atoms with Crippen molar-refractivity contribution in [2.24, 2.45) is 0 Å². The molecule has 0 spiro atoms. The molecule has 3 rings (SSSR count). The number of carbonyl (C=O) groups is 1. The highest BCUT2D eigenvalue weighted by molar-refractivity contribution is 5.99. The predicted octanol–water partition coefficient (Wildman–Crippen LogP) is 3.31. The monoisotopic (exact) mass is 323 g/mol. The summed E-state index contributed by atoms with van der Waals surface area (Å²) >= 11 is 0. The van der Waals surface area contributed by atoms with E-state index in [2.05, 4.69) is 20.7 Å². The largest absolute Gasteiger partial charge is 0.494 e. The molecule has 122 valence electrons. The molecular weight excluding hydrogens is 306 g/mol. The van der Waals surface area contributed by atoms with E-state index in [9.17, 15) is 4.79 Å². The average Bonchev–Trinajstić information content (AvgIpc) is 3.04. The first-order valence-electron chi connectivity index (χ1n) is 7.51. The summed E-state index contributed by atoms with van der Waals surface area (Å²) in [5.74, 6) is 1.38. The number of nitrogens with zero attached hydrogens (tertiary/aromatic N) is 3. The molecule has 2 heterocycles. The Morgan fingerprint density at radius 3 is 2.83 bits per heavy atom. The smallest absolute Gasteiger partial charge is 0.323 e. The lowest BCUT2D eigenvalue weighted by molar-refractivity contribution is 0.262. The van der Waals surface area contributed by atoms with Gasteiger partial charge in [-0.05, 0) is 31.2 Å². The number of carbonyl (C=O) groups excluding carboxylic acids is 1. The van der Waals surface area contributed by atoms with Gasteiger partial charge in [0, 0.05) is 18.0 Å². The summed E-state index contributed by atoms with van der Waals surface area (Å²) in [6, 6.07) is 12.4. The molecule has 24 heavy (non-hydrogen) atoms. The number of rotatable bonds is 5. The highest BCUT2D eigenvalue weighted by atomic mass is 16.5. The van der Waals surface area contributed by atoms with Crippen LogP contribution in [0.3, 0.4) is 0 Å². The molecule has 0 unspecified atom stereocenters. The Kier molecular flexibility index (Phi) is 4.71. The first-order chi connectivity index (χ1) is 11.7. The summed E-state index contributed by atoms with van der Waals surface area (Å²) in [6.45, 7) is 2.48. The van der Waals surface area contributed by atoms with Crippen molar-refractivity contribution in [3.8, 4) is 11.6 Å². The summed E-state index contributed by atoms with van der Waals surface area (Å²) in [7, 11) is 0. The second-order valence-electron chi connectivity index (χ2n) is 4.90.